The normalized spacial score (nSPS) is 17.6. The summed E-state index contributed by atoms with van der Waals surface area (Å²) in [5.74, 6) is -3.11. The van der Waals surface area contributed by atoms with Crippen LogP contribution in [0.4, 0.5) is 20.3 Å². The number of hydrogen-bond acceptors (Lipinski definition) is 5. The summed E-state index contributed by atoms with van der Waals surface area (Å²) in [5.41, 5.74) is 3.10. The van der Waals surface area contributed by atoms with Crippen LogP contribution >= 0.6 is 0 Å². The summed E-state index contributed by atoms with van der Waals surface area (Å²) in [6.45, 7) is 0.580. The lowest BCUT2D eigenvalue weighted by Gasteiger charge is -2.25. The van der Waals surface area contributed by atoms with Gasteiger partial charge in [-0.25, -0.2) is 18.6 Å². The number of esters is 1. The van der Waals surface area contributed by atoms with Gasteiger partial charge in [-0.05, 0) is 55.5 Å². The van der Waals surface area contributed by atoms with E-state index in [2.05, 4.69) is 5.32 Å². The van der Waals surface area contributed by atoms with Crippen LogP contribution in [0.3, 0.4) is 0 Å². The van der Waals surface area contributed by atoms with E-state index in [1.165, 1.54) is 13.2 Å². The third kappa shape index (κ3) is 4.68. The first-order valence-corrected chi connectivity index (χ1v) is 10.5. The molecule has 1 amide bonds. The number of methoxy groups -OCH3 is 1. The van der Waals surface area contributed by atoms with Crippen molar-refractivity contribution < 1.29 is 23.1 Å². The molecular formula is C23H25F2N3O3. The minimum Gasteiger partial charge on any atom is -0.465 e. The number of ether oxygens (including phenoxy) is 1. The van der Waals surface area contributed by atoms with Crippen molar-refractivity contribution in [2.75, 3.05) is 30.4 Å². The molecule has 1 fully saturated rings. The Bertz CT molecular complexity index is 1010. The van der Waals surface area contributed by atoms with Gasteiger partial charge in [0.25, 0.3) is 5.91 Å². The zero-order valence-electron chi connectivity index (χ0n) is 17.4. The first kappa shape index (κ1) is 21.2. The van der Waals surface area contributed by atoms with Gasteiger partial charge in [-0.1, -0.05) is 6.07 Å². The van der Waals surface area contributed by atoms with Crippen molar-refractivity contribution in [1.29, 1.82) is 0 Å². The van der Waals surface area contributed by atoms with Gasteiger partial charge >= 0.3 is 5.97 Å². The van der Waals surface area contributed by atoms with E-state index in [9.17, 15) is 18.4 Å². The predicted octanol–water partition coefficient (Wildman–Crippen LogP) is 4.23. The van der Waals surface area contributed by atoms with E-state index in [1.807, 2.05) is 6.07 Å². The largest absolute Gasteiger partial charge is 0.465 e. The number of nitrogens with zero attached hydrogens (tertiary/aromatic N) is 2. The maximum atomic E-state index is 13.9. The Kier molecular flexibility index (Phi) is 5.89. The van der Waals surface area contributed by atoms with Crippen molar-refractivity contribution in [3.8, 4) is 0 Å². The molecule has 0 radical (unpaired) electrons. The molecule has 4 rings (SSSR count). The summed E-state index contributed by atoms with van der Waals surface area (Å²) < 4.78 is 32.5. The molecule has 0 saturated carbocycles. The van der Waals surface area contributed by atoms with Crippen molar-refractivity contribution in [2.24, 2.45) is 0 Å². The van der Waals surface area contributed by atoms with Gasteiger partial charge in [0.1, 0.15) is 5.82 Å². The second kappa shape index (κ2) is 8.61. The Morgan fingerprint density at radius 1 is 1.13 bits per heavy atom. The SMILES string of the molecule is COC(=O)c1cccc(NC(=O)c2cc3c(nc2N2CCCC(F)(F)CC2)CCC3)c1. The monoisotopic (exact) mass is 429 g/mol. The Labute approximate surface area is 179 Å². The van der Waals surface area contributed by atoms with Gasteiger partial charge in [0.15, 0.2) is 0 Å². The molecule has 31 heavy (non-hydrogen) atoms. The number of anilines is 2. The van der Waals surface area contributed by atoms with Crippen LogP contribution in [0.15, 0.2) is 30.3 Å². The van der Waals surface area contributed by atoms with E-state index in [-0.39, 0.29) is 25.3 Å². The van der Waals surface area contributed by atoms with Crippen LogP contribution in [0.25, 0.3) is 0 Å². The zero-order valence-corrected chi connectivity index (χ0v) is 17.4. The van der Waals surface area contributed by atoms with Gasteiger partial charge in [0, 0.05) is 37.3 Å². The summed E-state index contributed by atoms with van der Waals surface area (Å²) in [5, 5.41) is 2.82. The molecule has 0 unspecified atom stereocenters. The maximum absolute atomic E-state index is 13.9. The lowest BCUT2D eigenvalue weighted by atomic mass is 10.1. The fraction of sp³-hybridized carbons (Fsp3) is 0.435. The molecule has 1 aromatic carbocycles. The predicted molar refractivity (Wildman–Crippen MR) is 113 cm³/mol. The van der Waals surface area contributed by atoms with Gasteiger partial charge in [0.05, 0.1) is 18.2 Å². The molecular weight excluding hydrogens is 404 g/mol. The molecule has 0 spiro atoms. The molecule has 1 saturated heterocycles. The Hall–Kier alpha value is -3.03. The maximum Gasteiger partial charge on any atom is 0.337 e. The number of halogens is 2. The summed E-state index contributed by atoms with van der Waals surface area (Å²) in [6, 6.07) is 8.31. The van der Waals surface area contributed by atoms with Crippen molar-refractivity contribution >= 4 is 23.4 Å². The van der Waals surface area contributed by atoms with Crippen LogP contribution in [0.1, 0.15) is 57.7 Å². The molecule has 0 bridgehead atoms. The zero-order chi connectivity index (χ0) is 22.0. The average Bonchev–Trinajstić information content (AvgIpc) is 3.14. The summed E-state index contributed by atoms with van der Waals surface area (Å²) in [4.78, 5) is 31.5. The minimum absolute atomic E-state index is 0.150. The first-order valence-electron chi connectivity index (χ1n) is 10.5. The van der Waals surface area contributed by atoms with E-state index >= 15 is 0 Å². The number of carbonyl (C=O) groups is 2. The van der Waals surface area contributed by atoms with Crippen LogP contribution in [0.5, 0.6) is 0 Å². The number of rotatable bonds is 4. The number of amides is 1. The van der Waals surface area contributed by atoms with E-state index in [1.54, 1.807) is 23.1 Å². The van der Waals surface area contributed by atoms with Crippen molar-refractivity contribution in [3.05, 3.63) is 52.7 Å². The second-order valence-electron chi connectivity index (χ2n) is 8.04. The summed E-state index contributed by atoms with van der Waals surface area (Å²) in [6.07, 6.45) is 2.57. The number of pyridine rings is 1. The summed E-state index contributed by atoms with van der Waals surface area (Å²) in [7, 11) is 1.29. The topological polar surface area (TPSA) is 71.5 Å². The number of aryl methyl sites for hydroxylation is 2. The number of aromatic nitrogens is 1. The highest BCUT2D eigenvalue weighted by Crippen LogP contribution is 2.33. The van der Waals surface area contributed by atoms with E-state index < -0.39 is 11.9 Å². The molecule has 1 aromatic heterocycles. The molecule has 2 aromatic rings. The third-order valence-electron chi connectivity index (χ3n) is 5.83. The fourth-order valence-corrected chi connectivity index (χ4v) is 4.19. The van der Waals surface area contributed by atoms with Gasteiger partial charge < -0.3 is 15.0 Å². The van der Waals surface area contributed by atoms with Crippen molar-refractivity contribution in [2.45, 2.75) is 44.4 Å². The molecule has 2 aliphatic rings. The van der Waals surface area contributed by atoms with Crippen LogP contribution in [-0.4, -0.2) is 43.0 Å². The van der Waals surface area contributed by atoms with Crippen molar-refractivity contribution in [1.82, 2.24) is 4.98 Å². The van der Waals surface area contributed by atoms with Crippen LogP contribution in [0.2, 0.25) is 0 Å². The molecule has 1 aliphatic heterocycles. The highest BCUT2D eigenvalue weighted by molar-refractivity contribution is 6.08. The van der Waals surface area contributed by atoms with Crippen molar-refractivity contribution in [3.63, 3.8) is 0 Å². The first-order chi connectivity index (χ1) is 14.9. The molecule has 6 nitrogen and oxygen atoms in total. The van der Waals surface area contributed by atoms with Gasteiger partial charge in [-0.3, -0.25) is 4.79 Å². The molecule has 0 atom stereocenters. The molecule has 8 heteroatoms. The lowest BCUT2D eigenvalue weighted by molar-refractivity contribution is -0.0102. The molecule has 164 valence electrons. The highest BCUT2D eigenvalue weighted by Gasteiger charge is 2.33. The van der Waals surface area contributed by atoms with Gasteiger partial charge in [-0.2, -0.15) is 0 Å². The number of benzene rings is 1. The number of carbonyl (C=O) groups excluding carboxylic acids is 2. The third-order valence-corrected chi connectivity index (χ3v) is 5.83. The van der Waals surface area contributed by atoms with E-state index in [4.69, 9.17) is 9.72 Å². The smallest absolute Gasteiger partial charge is 0.337 e. The summed E-state index contributed by atoms with van der Waals surface area (Å²) >= 11 is 0. The molecule has 1 aliphatic carbocycles. The van der Waals surface area contributed by atoms with Crippen LogP contribution in [0, 0.1) is 0 Å². The fourth-order valence-electron chi connectivity index (χ4n) is 4.19. The number of fused-ring (bicyclic) bond motifs is 1. The number of nitrogens with one attached hydrogen (secondary N) is 1. The number of hydrogen-bond donors (Lipinski definition) is 1. The van der Waals surface area contributed by atoms with Gasteiger partial charge in [0.2, 0.25) is 5.92 Å². The highest BCUT2D eigenvalue weighted by atomic mass is 19.3. The lowest BCUT2D eigenvalue weighted by Crippen LogP contribution is -2.30. The van der Waals surface area contributed by atoms with Crippen LogP contribution in [-0.2, 0) is 17.6 Å². The Morgan fingerprint density at radius 3 is 2.77 bits per heavy atom. The Balaban J connectivity index is 1.64. The average molecular weight is 429 g/mol. The van der Waals surface area contributed by atoms with E-state index in [0.29, 0.717) is 35.6 Å². The Morgan fingerprint density at radius 2 is 1.97 bits per heavy atom. The standard InChI is InChI=1S/C23H25F2N3O3/c1-31-22(30)16-6-2-7-17(13-16)26-21(29)18-14-15-5-3-8-19(15)27-20(18)28-11-4-9-23(24,25)10-12-28/h2,6-7,13-14H,3-5,8-12H2,1H3,(H,26,29). The molecule has 1 N–H and O–H groups in total. The van der Waals surface area contributed by atoms with E-state index in [0.717, 1.165) is 30.5 Å². The van der Waals surface area contributed by atoms with Gasteiger partial charge in [-0.15, -0.1) is 0 Å². The molecule has 2 heterocycles. The minimum atomic E-state index is -2.69. The van der Waals surface area contributed by atoms with Crippen LogP contribution < -0.4 is 10.2 Å². The quantitative estimate of drug-likeness (QED) is 0.737. The number of alkyl halides is 2. The second-order valence-corrected chi connectivity index (χ2v) is 8.04.